The molecule has 2 unspecified atom stereocenters. The smallest absolute Gasteiger partial charge is 0.342 e. The first kappa shape index (κ1) is 40.1. The molecule has 0 amide bonds. The Morgan fingerprint density at radius 3 is 2.50 bits per heavy atom. The lowest BCUT2D eigenvalue weighted by atomic mass is 9.47. The third kappa shape index (κ3) is 5.13. The number of fused-ring (bicyclic) bond motifs is 6. The summed E-state index contributed by atoms with van der Waals surface area (Å²) in [4.78, 5) is 39.4. The van der Waals surface area contributed by atoms with Gasteiger partial charge in [-0.15, -0.1) is 0 Å². The average molecular weight is 915 g/mol. The number of anilines is 1. The van der Waals surface area contributed by atoms with E-state index in [1.54, 1.807) is 7.11 Å². The molecule has 11 nitrogen and oxygen atoms in total. The predicted molar refractivity (Wildman–Crippen MR) is 222 cm³/mol. The van der Waals surface area contributed by atoms with Gasteiger partial charge in [0.05, 0.1) is 27.4 Å². The van der Waals surface area contributed by atoms with Gasteiger partial charge >= 0.3 is 11.9 Å². The van der Waals surface area contributed by atoms with Crippen LogP contribution in [0.1, 0.15) is 61.9 Å². The standard InChI is InChI=1S/C44H53F2IN4O7/c1-7-41-12-8-14-51-16-13-42(35(41)51)29-19-30(33(56-4)20-32(29)49(3)36(42)44(55,37(41)52)39(54)58-6)43(38(53)57-5)21-24-17-25(40(2,45)46)23-50(22-24)15-11-27-28-18-26(47)9-10-31(28)48-34(27)43/h8-10,12,18-20,24-25,35-37,48,52,55H,7,11,13-17,21-23H2,1-6H3/t24-,25?,35+,36-,37-,41-,42-,43+,44+/m1/s1. The lowest BCUT2D eigenvalue weighted by Gasteiger charge is -2.63. The van der Waals surface area contributed by atoms with Crippen molar-refractivity contribution in [2.24, 2.45) is 17.3 Å². The molecule has 1 aliphatic carbocycles. The van der Waals surface area contributed by atoms with Gasteiger partial charge in [0.1, 0.15) is 17.3 Å². The number of esters is 2. The highest BCUT2D eigenvalue weighted by atomic mass is 127. The summed E-state index contributed by atoms with van der Waals surface area (Å²) in [6.07, 6.45) is 4.39. The maximum absolute atomic E-state index is 15.3. The number of likely N-dealkylation sites (N-methyl/N-ethyl adjacent to an activating group) is 1. The van der Waals surface area contributed by atoms with Gasteiger partial charge in [0, 0.05) is 93.5 Å². The van der Waals surface area contributed by atoms with E-state index in [-0.39, 0.29) is 31.3 Å². The number of aromatic amines is 1. The molecular weight excluding hydrogens is 861 g/mol. The van der Waals surface area contributed by atoms with Crippen molar-refractivity contribution in [3.8, 4) is 5.75 Å². The molecule has 1 spiro atoms. The van der Waals surface area contributed by atoms with Crippen molar-refractivity contribution >= 4 is 51.1 Å². The Morgan fingerprint density at radius 2 is 1.81 bits per heavy atom. The Hall–Kier alpha value is -3.31. The van der Waals surface area contributed by atoms with Crippen LogP contribution in [0.3, 0.4) is 0 Å². The first-order chi connectivity index (χ1) is 27.6. The molecule has 0 radical (unpaired) electrons. The molecule has 2 aromatic carbocycles. The van der Waals surface area contributed by atoms with Gasteiger partial charge in [-0.3, -0.25) is 9.69 Å². The zero-order chi connectivity index (χ0) is 41.3. The van der Waals surface area contributed by atoms with Gasteiger partial charge in [0.15, 0.2) is 0 Å². The van der Waals surface area contributed by atoms with Crippen LogP contribution in [0.15, 0.2) is 42.5 Å². The Labute approximate surface area is 351 Å². The molecule has 1 saturated carbocycles. The summed E-state index contributed by atoms with van der Waals surface area (Å²) in [7, 11) is 5.98. The third-order valence-electron chi connectivity index (χ3n) is 15.4. The van der Waals surface area contributed by atoms with E-state index in [4.69, 9.17) is 14.2 Å². The van der Waals surface area contributed by atoms with Crippen LogP contribution in [0.2, 0.25) is 0 Å². The molecule has 2 saturated heterocycles. The summed E-state index contributed by atoms with van der Waals surface area (Å²) in [6.45, 7) is 5.60. The number of aromatic nitrogens is 1. The maximum atomic E-state index is 15.3. The number of carbonyl (C=O) groups excluding carboxylic acids is 2. The molecule has 1 aromatic heterocycles. The van der Waals surface area contributed by atoms with Crippen LogP contribution in [-0.2, 0) is 36.3 Å². The van der Waals surface area contributed by atoms with Crippen molar-refractivity contribution in [1.29, 1.82) is 0 Å². The number of hydrogen-bond acceptors (Lipinski definition) is 10. The van der Waals surface area contributed by atoms with E-state index in [0.29, 0.717) is 68.1 Å². The zero-order valence-corrected chi connectivity index (χ0v) is 36.1. The van der Waals surface area contributed by atoms with E-state index < -0.39 is 57.8 Å². The average Bonchev–Trinajstić information content (AvgIpc) is 3.86. The van der Waals surface area contributed by atoms with Gasteiger partial charge in [0.25, 0.3) is 0 Å². The minimum absolute atomic E-state index is 0.170. The molecule has 3 N–H and O–H groups in total. The van der Waals surface area contributed by atoms with Gasteiger partial charge in [-0.2, -0.15) is 0 Å². The van der Waals surface area contributed by atoms with Crippen LogP contribution >= 0.6 is 22.6 Å². The Kier molecular flexibility index (Phi) is 9.41. The fourth-order valence-electron chi connectivity index (χ4n) is 13.1. The van der Waals surface area contributed by atoms with Crippen LogP contribution in [0.5, 0.6) is 5.75 Å². The first-order valence-electron chi connectivity index (χ1n) is 20.4. The summed E-state index contributed by atoms with van der Waals surface area (Å²) in [5, 5.41) is 26.3. The highest BCUT2D eigenvalue weighted by Gasteiger charge is 2.79. The first-order valence-corrected chi connectivity index (χ1v) is 21.5. The summed E-state index contributed by atoms with van der Waals surface area (Å²) in [5.74, 6) is -5.20. The Morgan fingerprint density at radius 1 is 1.05 bits per heavy atom. The molecule has 3 fully saturated rings. The molecule has 58 heavy (non-hydrogen) atoms. The number of H-pyrrole nitrogens is 1. The summed E-state index contributed by atoms with van der Waals surface area (Å²) in [5.41, 5.74) is -1.35. The van der Waals surface area contributed by atoms with Crippen molar-refractivity contribution in [1.82, 2.24) is 14.8 Å². The molecule has 10 atom stereocenters. The van der Waals surface area contributed by atoms with Crippen LogP contribution in [0, 0.1) is 20.8 Å². The number of aliphatic hydroxyl groups is 2. The van der Waals surface area contributed by atoms with Crippen LogP contribution in [0.25, 0.3) is 10.9 Å². The second-order valence-electron chi connectivity index (χ2n) is 17.9. The summed E-state index contributed by atoms with van der Waals surface area (Å²) in [6, 6.07) is 8.77. The van der Waals surface area contributed by atoms with Gasteiger partial charge < -0.3 is 39.2 Å². The van der Waals surface area contributed by atoms with Crippen LogP contribution in [0.4, 0.5) is 14.5 Å². The predicted octanol–water partition coefficient (Wildman–Crippen LogP) is 5.16. The second-order valence-corrected chi connectivity index (χ2v) is 19.1. The minimum atomic E-state index is -2.92. The lowest BCUT2D eigenvalue weighted by Crippen LogP contribution is -2.80. The molecule has 3 aromatic rings. The summed E-state index contributed by atoms with van der Waals surface area (Å²) >= 11 is 2.29. The maximum Gasteiger partial charge on any atom is 0.342 e. The van der Waals surface area contributed by atoms with Crippen molar-refractivity contribution in [2.75, 3.05) is 66.0 Å². The quantitative estimate of drug-likeness (QED) is 0.174. The number of halogens is 3. The number of piperidine rings is 1. The Bertz CT molecular complexity index is 2230. The largest absolute Gasteiger partial charge is 0.496 e. The number of aliphatic hydroxyl groups excluding tert-OH is 1. The van der Waals surface area contributed by atoms with Gasteiger partial charge in [-0.1, -0.05) is 19.1 Å². The number of hydrogen-bond donors (Lipinski definition) is 3. The highest BCUT2D eigenvalue weighted by molar-refractivity contribution is 14.1. The van der Waals surface area contributed by atoms with E-state index in [0.717, 1.165) is 32.5 Å². The van der Waals surface area contributed by atoms with Crippen molar-refractivity contribution in [3.05, 3.63) is 68.4 Å². The van der Waals surface area contributed by atoms with Crippen molar-refractivity contribution in [3.63, 3.8) is 0 Å². The third-order valence-corrected chi connectivity index (χ3v) is 16.0. The Balaban J connectivity index is 1.36. The number of methoxy groups -OCH3 is 3. The normalized spacial score (nSPS) is 36.6. The molecule has 312 valence electrons. The van der Waals surface area contributed by atoms with E-state index in [1.807, 2.05) is 55.3 Å². The monoisotopic (exact) mass is 914 g/mol. The lowest BCUT2D eigenvalue weighted by molar-refractivity contribution is -0.218. The SMILES string of the molecule is CC[C@]12C=CCN3CC[C@@]4(c5cc([C@@]6(C(=O)OC)C[C@H]7CC(C(C)(F)F)CN(CCc8c6[nH]c6ccc(I)cc86)C7)c(OC)cc5N(C)[C@H]4[C@@](O)(C(=O)OC)[C@@H]1O)[C@@H]32. The molecule has 5 aliphatic heterocycles. The molecule has 9 rings (SSSR count). The van der Waals surface area contributed by atoms with Gasteiger partial charge in [-0.25, -0.2) is 13.6 Å². The minimum Gasteiger partial charge on any atom is -0.496 e. The van der Waals surface area contributed by atoms with E-state index in [1.165, 1.54) is 14.2 Å². The number of carbonyl (C=O) groups is 2. The number of nitrogens with one attached hydrogen (secondary N) is 1. The number of nitrogens with zero attached hydrogens (tertiary/aromatic N) is 3. The second kappa shape index (κ2) is 13.6. The van der Waals surface area contributed by atoms with Crippen molar-refractivity contribution < 1.29 is 42.8 Å². The number of benzene rings is 2. The van der Waals surface area contributed by atoms with E-state index >= 15 is 13.6 Å². The molecule has 6 aliphatic rings. The van der Waals surface area contributed by atoms with Crippen molar-refractivity contribution in [2.45, 2.75) is 86.5 Å². The topological polar surface area (TPSA) is 128 Å². The molecule has 2 bridgehead atoms. The summed E-state index contributed by atoms with van der Waals surface area (Å²) < 4.78 is 49.2. The van der Waals surface area contributed by atoms with Gasteiger partial charge in [-0.05, 0) is 109 Å². The van der Waals surface area contributed by atoms with Crippen LogP contribution in [-0.4, -0.2) is 128 Å². The zero-order valence-electron chi connectivity index (χ0n) is 33.9. The number of alkyl halides is 2. The number of ether oxygens (including phenoxy) is 3. The number of rotatable bonds is 6. The fourth-order valence-corrected chi connectivity index (χ4v) is 13.6. The van der Waals surface area contributed by atoms with Crippen LogP contribution < -0.4 is 9.64 Å². The van der Waals surface area contributed by atoms with Gasteiger partial charge in [0.2, 0.25) is 11.5 Å². The molecular formula is C44H53F2IN4O7. The fraction of sp³-hybridized carbons (Fsp3) is 0.591. The van der Waals surface area contributed by atoms with E-state index in [2.05, 4.69) is 43.4 Å². The van der Waals surface area contributed by atoms with E-state index in [9.17, 15) is 15.0 Å². The molecule has 14 heteroatoms. The highest BCUT2D eigenvalue weighted by Crippen LogP contribution is 2.67. The molecule has 6 heterocycles.